The van der Waals surface area contributed by atoms with Crippen molar-refractivity contribution in [1.82, 2.24) is 15.3 Å². The fraction of sp³-hybridized carbons (Fsp3) is 0.417. The molecule has 2 N–H and O–H groups in total. The number of rotatable bonds is 1. The highest BCUT2D eigenvalue weighted by Gasteiger charge is 2.15. The zero-order valence-electron chi connectivity index (χ0n) is 8.66. The Morgan fingerprint density at radius 3 is 3.20 bits per heavy atom. The first kappa shape index (κ1) is 8.92. The van der Waals surface area contributed by atoms with E-state index < -0.39 is 0 Å². The maximum absolute atomic E-state index is 4.45. The molecule has 0 amide bonds. The van der Waals surface area contributed by atoms with Gasteiger partial charge >= 0.3 is 0 Å². The number of hydrogen-bond donors (Lipinski definition) is 2. The summed E-state index contributed by atoms with van der Waals surface area (Å²) in [6, 6.07) is 4.72. The number of fused-ring (bicyclic) bond motifs is 1. The second-order valence-electron chi connectivity index (χ2n) is 4.18. The van der Waals surface area contributed by atoms with Crippen LogP contribution in [0, 0.1) is 0 Å². The van der Waals surface area contributed by atoms with Gasteiger partial charge in [0.15, 0.2) is 0 Å². The predicted molar refractivity (Wildman–Crippen MR) is 60.7 cm³/mol. The van der Waals surface area contributed by atoms with Gasteiger partial charge in [0.1, 0.15) is 0 Å². The van der Waals surface area contributed by atoms with Gasteiger partial charge in [-0.3, -0.25) is 4.98 Å². The zero-order valence-corrected chi connectivity index (χ0v) is 8.66. The largest absolute Gasteiger partial charge is 0.360 e. The second kappa shape index (κ2) is 3.66. The molecule has 1 saturated heterocycles. The van der Waals surface area contributed by atoms with Crippen LogP contribution in [0.5, 0.6) is 0 Å². The van der Waals surface area contributed by atoms with E-state index in [0.29, 0.717) is 6.04 Å². The number of hydrogen-bond acceptors (Lipinski definition) is 2. The first-order chi connectivity index (χ1) is 7.43. The molecule has 3 nitrogen and oxygen atoms in total. The molecule has 1 aliphatic heterocycles. The van der Waals surface area contributed by atoms with Crippen LogP contribution in [-0.4, -0.2) is 16.5 Å². The standard InChI is InChI=1S/C12H15N3/c1-2-5-13-10(3-1)9-7-12-11(15-8-9)4-6-14-12/h4,6-8,10,13-14H,1-3,5H2/t10-/m0/s1. The third kappa shape index (κ3) is 1.63. The minimum absolute atomic E-state index is 0.499. The first-order valence-corrected chi connectivity index (χ1v) is 5.60. The van der Waals surface area contributed by atoms with Gasteiger partial charge in [-0.05, 0) is 37.1 Å². The number of nitrogens with one attached hydrogen (secondary N) is 2. The van der Waals surface area contributed by atoms with Crippen LogP contribution < -0.4 is 5.32 Å². The minimum Gasteiger partial charge on any atom is -0.360 e. The summed E-state index contributed by atoms with van der Waals surface area (Å²) in [5, 5.41) is 3.54. The van der Waals surface area contributed by atoms with E-state index >= 15 is 0 Å². The normalized spacial score (nSPS) is 22.0. The summed E-state index contributed by atoms with van der Waals surface area (Å²) in [6.45, 7) is 1.13. The summed E-state index contributed by atoms with van der Waals surface area (Å²) in [6.07, 6.45) is 7.79. The van der Waals surface area contributed by atoms with Crippen LogP contribution in [0.3, 0.4) is 0 Å². The van der Waals surface area contributed by atoms with E-state index in [1.54, 1.807) is 0 Å². The van der Waals surface area contributed by atoms with Crippen molar-refractivity contribution >= 4 is 11.0 Å². The average molecular weight is 201 g/mol. The second-order valence-corrected chi connectivity index (χ2v) is 4.18. The summed E-state index contributed by atoms with van der Waals surface area (Å²) in [5.41, 5.74) is 3.50. The van der Waals surface area contributed by atoms with Gasteiger partial charge in [0.25, 0.3) is 0 Å². The van der Waals surface area contributed by atoms with Crippen LogP contribution >= 0.6 is 0 Å². The molecule has 2 aromatic heterocycles. The highest BCUT2D eigenvalue weighted by Crippen LogP contribution is 2.24. The fourth-order valence-electron chi connectivity index (χ4n) is 2.28. The molecule has 0 aromatic carbocycles. The molecular weight excluding hydrogens is 186 g/mol. The predicted octanol–water partition coefficient (Wildman–Crippen LogP) is 2.38. The topological polar surface area (TPSA) is 40.7 Å². The maximum Gasteiger partial charge on any atom is 0.0878 e. The lowest BCUT2D eigenvalue weighted by molar-refractivity contribution is 0.412. The maximum atomic E-state index is 4.45. The van der Waals surface area contributed by atoms with Gasteiger partial charge in [-0.25, -0.2) is 0 Å². The van der Waals surface area contributed by atoms with Crippen LogP contribution in [0.25, 0.3) is 11.0 Å². The van der Waals surface area contributed by atoms with E-state index in [1.165, 1.54) is 24.8 Å². The number of pyridine rings is 1. The van der Waals surface area contributed by atoms with Crippen molar-refractivity contribution in [2.75, 3.05) is 6.54 Å². The Kier molecular flexibility index (Phi) is 2.18. The minimum atomic E-state index is 0.499. The van der Waals surface area contributed by atoms with Gasteiger partial charge in [-0.1, -0.05) is 6.42 Å². The number of aromatic amines is 1. The molecule has 1 fully saturated rings. The Morgan fingerprint density at radius 1 is 1.33 bits per heavy atom. The third-order valence-electron chi connectivity index (χ3n) is 3.13. The monoisotopic (exact) mass is 201 g/mol. The lowest BCUT2D eigenvalue weighted by Crippen LogP contribution is -2.26. The Labute approximate surface area is 88.9 Å². The van der Waals surface area contributed by atoms with E-state index in [4.69, 9.17) is 0 Å². The molecule has 0 saturated carbocycles. The highest BCUT2D eigenvalue weighted by atomic mass is 14.9. The molecule has 0 aliphatic carbocycles. The Morgan fingerprint density at radius 2 is 2.33 bits per heavy atom. The molecule has 0 unspecified atom stereocenters. The van der Waals surface area contributed by atoms with Crippen molar-refractivity contribution in [3.63, 3.8) is 0 Å². The van der Waals surface area contributed by atoms with Crippen molar-refractivity contribution in [2.24, 2.45) is 0 Å². The van der Waals surface area contributed by atoms with Crippen LogP contribution in [0.15, 0.2) is 24.5 Å². The molecule has 3 rings (SSSR count). The van der Waals surface area contributed by atoms with Crippen molar-refractivity contribution in [3.05, 3.63) is 30.1 Å². The van der Waals surface area contributed by atoms with Crippen molar-refractivity contribution < 1.29 is 0 Å². The van der Waals surface area contributed by atoms with E-state index in [-0.39, 0.29) is 0 Å². The Bertz CT molecular complexity index is 455. The molecular formula is C12H15N3. The average Bonchev–Trinajstić information content (AvgIpc) is 2.77. The summed E-state index contributed by atoms with van der Waals surface area (Å²) in [4.78, 5) is 7.65. The molecule has 0 bridgehead atoms. The van der Waals surface area contributed by atoms with Crippen molar-refractivity contribution in [2.45, 2.75) is 25.3 Å². The Hall–Kier alpha value is -1.35. The van der Waals surface area contributed by atoms with E-state index in [0.717, 1.165) is 17.6 Å². The van der Waals surface area contributed by atoms with Gasteiger partial charge < -0.3 is 10.3 Å². The van der Waals surface area contributed by atoms with E-state index in [9.17, 15) is 0 Å². The first-order valence-electron chi connectivity index (χ1n) is 5.60. The van der Waals surface area contributed by atoms with Crippen LogP contribution in [0.2, 0.25) is 0 Å². The summed E-state index contributed by atoms with van der Waals surface area (Å²) < 4.78 is 0. The highest BCUT2D eigenvalue weighted by molar-refractivity contribution is 5.75. The van der Waals surface area contributed by atoms with Crippen molar-refractivity contribution in [1.29, 1.82) is 0 Å². The lowest BCUT2D eigenvalue weighted by Gasteiger charge is -2.23. The summed E-state index contributed by atoms with van der Waals surface area (Å²) >= 11 is 0. The summed E-state index contributed by atoms with van der Waals surface area (Å²) in [7, 11) is 0. The molecule has 0 spiro atoms. The molecule has 0 radical (unpaired) electrons. The summed E-state index contributed by atoms with van der Waals surface area (Å²) in [5.74, 6) is 0. The molecule has 78 valence electrons. The molecule has 3 heterocycles. The fourth-order valence-corrected chi connectivity index (χ4v) is 2.28. The quantitative estimate of drug-likeness (QED) is 0.743. The number of piperidine rings is 1. The Balaban J connectivity index is 1.95. The molecule has 1 atom stereocenters. The zero-order chi connectivity index (χ0) is 10.1. The molecule has 15 heavy (non-hydrogen) atoms. The number of nitrogens with zero attached hydrogens (tertiary/aromatic N) is 1. The van der Waals surface area contributed by atoms with Gasteiger partial charge in [0.2, 0.25) is 0 Å². The lowest BCUT2D eigenvalue weighted by atomic mass is 9.99. The van der Waals surface area contributed by atoms with Crippen LogP contribution in [-0.2, 0) is 0 Å². The van der Waals surface area contributed by atoms with Gasteiger partial charge in [-0.2, -0.15) is 0 Å². The van der Waals surface area contributed by atoms with Crippen molar-refractivity contribution in [3.8, 4) is 0 Å². The number of aromatic nitrogens is 2. The molecule has 2 aromatic rings. The third-order valence-corrected chi connectivity index (χ3v) is 3.13. The van der Waals surface area contributed by atoms with Gasteiger partial charge in [0.05, 0.1) is 11.0 Å². The van der Waals surface area contributed by atoms with Crippen LogP contribution in [0.1, 0.15) is 30.9 Å². The number of H-pyrrole nitrogens is 1. The van der Waals surface area contributed by atoms with E-state index in [1.807, 2.05) is 18.5 Å². The van der Waals surface area contributed by atoms with Crippen LogP contribution in [0.4, 0.5) is 0 Å². The smallest absolute Gasteiger partial charge is 0.0878 e. The van der Waals surface area contributed by atoms with E-state index in [2.05, 4.69) is 21.4 Å². The van der Waals surface area contributed by atoms with Gasteiger partial charge in [-0.15, -0.1) is 0 Å². The van der Waals surface area contributed by atoms with Gasteiger partial charge in [0, 0.05) is 18.4 Å². The molecule has 1 aliphatic rings. The molecule has 3 heteroatoms. The SMILES string of the molecule is c1cc2ncc([C@@H]3CCCCN3)cc2[nH]1.